The van der Waals surface area contributed by atoms with E-state index in [1.807, 2.05) is 20.8 Å². The summed E-state index contributed by atoms with van der Waals surface area (Å²) in [5.41, 5.74) is 18.6. The van der Waals surface area contributed by atoms with E-state index < -0.39 is 0 Å². The first-order valence-corrected chi connectivity index (χ1v) is 8.30. The van der Waals surface area contributed by atoms with Crippen LogP contribution in [0.15, 0.2) is 48.5 Å². The van der Waals surface area contributed by atoms with Gasteiger partial charge >= 0.3 is 0 Å². The SMILES string of the molecule is C=C(C)C(N)=C(C)C.C=C(C)N.C=CN.CC(C)CCC(C)CO. The molecule has 0 saturated carbocycles. The van der Waals surface area contributed by atoms with Crippen molar-refractivity contribution in [3.8, 4) is 0 Å². The topological polar surface area (TPSA) is 98.3 Å². The van der Waals surface area contributed by atoms with Crippen molar-refractivity contribution in [2.75, 3.05) is 6.61 Å². The van der Waals surface area contributed by atoms with Gasteiger partial charge in [0.2, 0.25) is 0 Å². The zero-order valence-corrected chi connectivity index (χ0v) is 17.2. The van der Waals surface area contributed by atoms with Crippen LogP contribution in [0.1, 0.15) is 61.3 Å². The molecule has 1 atom stereocenters. The number of aliphatic hydroxyl groups excluding tert-OH is 1. The van der Waals surface area contributed by atoms with Gasteiger partial charge in [0.1, 0.15) is 0 Å². The molecule has 0 fully saturated rings. The van der Waals surface area contributed by atoms with E-state index in [-0.39, 0.29) is 0 Å². The quantitative estimate of drug-likeness (QED) is 0.556. The van der Waals surface area contributed by atoms with Gasteiger partial charge in [-0.05, 0) is 63.4 Å². The lowest BCUT2D eigenvalue weighted by molar-refractivity contribution is 0.224. The Labute approximate surface area is 151 Å². The molecule has 0 rings (SSSR count). The van der Waals surface area contributed by atoms with Gasteiger partial charge in [0.25, 0.3) is 0 Å². The fraction of sp³-hybridized carbons (Fsp3) is 0.600. The Morgan fingerprint density at radius 2 is 1.33 bits per heavy atom. The van der Waals surface area contributed by atoms with Crippen molar-refractivity contribution in [1.82, 2.24) is 0 Å². The lowest BCUT2D eigenvalue weighted by Gasteiger charge is -2.08. The standard InChI is InChI=1S/C8H18O.C7H13N.C3H7N.C2H5N/c1-7(2)4-5-8(3)6-9;1-5(2)7(8)6(3)4;1-3(2)4;1-2-3/h7-9H,4-6H2,1-3H3;1,8H2,2-4H3;1,4H2,2H3;2H,1,3H2. The fourth-order valence-corrected chi connectivity index (χ4v) is 1.14. The molecule has 0 aromatic heterocycles. The summed E-state index contributed by atoms with van der Waals surface area (Å²) in [5.74, 6) is 1.27. The van der Waals surface area contributed by atoms with Gasteiger partial charge in [0.15, 0.2) is 0 Å². The molecule has 0 bridgehead atoms. The first kappa shape index (κ1) is 30.2. The Kier molecular flexibility index (Phi) is 26.9. The van der Waals surface area contributed by atoms with Gasteiger partial charge in [-0.15, -0.1) is 0 Å². The van der Waals surface area contributed by atoms with Crippen molar-refractivity contribution >= 4 is 0 Å². The van der Waals surface area contributed by atoms with E-state index in [1.165, 1.54) is 12.6 Å². The Bertz CT molecular complexity index is 350. The lowest BCUT2D eigenvalue weighted by atomic mass is 10.0. The minimum atomic E-state index is 0.340. The van der Waals surface area contributed by atoms with Gasteiger partial charge in [-0.1, -0.05) is 52.5 Å². The highest BCUT2D eigenvalue weighted by atomic mass is 16.3. The van der Waals surface area contributed by atoms with E-state index in [2.05, 4.69) is 46.2 Å². The number of allylic oxidation sites excluding steroid dienone is 3. The van der Waals surface area contributed by atoms with Crippen LogP contribution in [0.5, 0.6) is 0 Å². The highest BCUT2D eigenvalue weighted by Gasteiger charge is 2.00. The van der Waals surface area contributed by atoms with Gasteiger partial charge < -0.3 is 22.3 Å². The summed E-state index contributed by atoms with van der Waals surface area (Å²) in [5, 5.41) is 8.65. The molecule has 0 aromatic rings. The second-order valence-corrected chi connectivity index (χ2v) is 6.54. The summed E-state index contributed by atoms with van der Waals surface area (Å²) in [6.07, 6.45) is 3.65. The van der Waals surface area contributed by atoms with Gasteiger partial charge in [0, 0.05) is 12.3 Å². The molecule has 0 spiro atoms. The number of hydrogen-bond acceptors (Lipinski definition) is 4. The second kappa shape index (κ2) is 21.3. The van der Waals surface area contributed by atoms with Gasteiger partial charge in [0.05, 0.1) is 0 Å². The first-order chi connectivity index (χ1) is 10.9. The van der Waals surface area contributed by atoms with Crippen molar-refractivity contribution in [2.24, 2.45) is 29.0 Å². The third-order valence-electron chi connectivity index (χ3n) is 2.55. The smallest absolute Gasteiger partial charge is 0.0456 e. The number of nitrogens with two attached hydrogens (primary N) is 3. The van der Waals surface area contributed by atoms with Crippen LogP contribution in [0.2, 0.25) is 0 Å². The average Bonchev–Trinajstić information content (AvgIpc) is 2.44. The van der Waals surface area contributed by atoms with Crippen LogP contribution in [0, 0.1) is 11.8 Å². The van der Waals surface area contributed by atoms with Crippen molar-refractivity contribution in [2.45, 2.75) is 61.3 Å². The molecular formula is C20H43N3O. The highest BCUT2D eigenvalue weighted by molar-refractivity contribution is 5.26. The van der Waals surface area contributed by atoms with Crippen LogP contribution < -0.4 is 17.2 Å². The molecule has 4 nitrogen and oxygen atoms in total. The summed E-state index contributed by atoms with van der Waals surface area (Å²) in [7, 11) is 0. The molecule has 24 heavy (non-hydrogen) atoms. The monoisotopic (exact) mass is 341 g/mol. The maximum absolute atomic E-state index is 8.65. The van der Waals surface area contributed by atoms with Crippen LogP contribution in [-0.2, 0) is 0 Å². The molecule has 0 amide bonds. The molecule has 144 valence electrons. The van der Waals surface area contributed by atoms with E-state index in [0.29, 0.717) is 18.2 Å². The van der Waals surface area contributed by atoms with E-state index in [4.69, 9.17) is 16.6 Å². The number of rotatable bonds is 5. The molecule has 1 unspecified atom stereocenters. The first-order valence-electron chi connectivity index (χ1n) is 8.30. The van der Waals surface area contributed by atoms with Crippen LogP contribution in [0.3, 0.4) is 0 Å². The summed E-state index contributed by atoms with van der Waals surface area (Å²) in [6, 6.07) is 0. The Morgan fingerprint density at radius 1 is 1.00 bits per heavy atom. The predicted octanol–water partition coefficient (Wildman–Crippen LogP) is 4.43. The minimum absolute atomic E-state index is 0.340. The van der Waals surface area contributed by atoms with E-state index in [0.717, 1.165) is 29.2 Å². The molecule has 0 aromatic carbocycles. The summed E-state index contributed by atoms with van der Waals surface area (Å²) in [4.78, 5) is 0. The minimum Gasteiger partial charge on any atom is -0.405 e. The highest BCUT2D eigenvalue weighted by Crippen LogP contribution is 2.10. The predicted molar refractivity (Wildman–Crippen MR) is 111 cm³/mol. The van der Waals surface area contributed by atoms with Crippen LogP contribution in [0.4, 0.5) is 0 Å². The lowest BCUT2D eigenvalue weighted by Crippen LogP contribution is -2.01. The molecule has 4 heteroatoms. The normalized spacial score (nSPS) is 9.71. The molecule has 0 aliphatic carbocycles. The van der Waals surface area contributed by atoms with Crippen LogP contribution >= 0.6 is 0 Å². The van der Waals surface area contributed by atoms with E-state index in [1.54, 1.807) is 6.92 Å². The average molecular weight is 342 g/mol. The number of hydrogen-bond donors (Lipinski definition) is 4. The zero-order chi connectivity index (χ0) is 20.3. The molecule has 0 aliphatic heterocycles. The Balaban J connectivity index is -0.000000122. The van der Waals surface area contributed by atoms with Gasteiger partial charge in [-0.25, -0.2) is 0 Å². The molecule has 0 aliphatic rings. The van der Waals surface area contributed by atoms with Crippen LogP contribution in [0.25, 0.3) is 0 Å². The van der Waals surface area contributed by atoms with Crippen molar-refractivity contribution < 1.29 is 5.11 Å². The summed E-state index contributed by atoms with van der Waals surface area (Å²) in [6.45, 7) is 24.6. The van der Waals surface area contributed by atoms with Crippen molar-refractivity contribution in [3.63, 3.8) is 0 Å². The Hall–Kier alpha value is -1.68. The third-order valence-corrected chi connectivity index (χ3v) is 2.55. The van der Waals surface area contributed by atoms with Crippen LogP contribution in [-0.4, -0.2) is 11.7 Å². The molecule has 0 heterocycles. The molecule has 0 saturated heterocycles. The maximum atomic E-state index is 8.65. The maximum Gasteiger partial charge on any atom is 0.0456 e. The van der Waals surface area contributed by atoms with Gasteiger partial charge in [-0.3, -0.25) is 0 Å². The third kappa shape index (κ3) is 42.7. The summed E-state index contributed by atoms with van der Waals surface area (Å²) >= 11 is 0. The number of aliphatic hydroxyl groups is 1. The van der Waals surface area contributed by atoms with Crippen molar-refractivity contribution in [3.05, 3.63) is 48.5 Å². The Morgan fingerprint density at radius 3 is 1.46 bits per heavy atom. The molecule has 7 N–H and O–H groups in total. The molecular weight excluding hydrogens is 298 g/mol. The second-order valence-electron chi connectivity index (χ2n) is 6.54. The zero-order valence-electron chi connectivity index (χ0n) is 17.2. The van der Waals surface area contributed by atoms with Gasteiger partial charge in [-0.2, -0.15) is 0 Å². The molecule has 0 radical (unpaired) electrons. The van der Waals surface area contributed by atoms with Crippen molar-refractivity contribution in [1.29, 1.82) is 0 Å². The fourth-order valence-electron chi connectivity index (χ4n) is 1.14. The largest absolute Gasteiger partial charge is 0.405 e. The summed E-state index contributed by atoms with van der Waals surface area (Å²) < 4.78 is 0. The van der Waals surface area contributed by atoms with E-state index >= 15 is 0 Å². The van der Waals surface area contributed by atoms with E-state index in [9.17, 15) is 0 Å².